The monoisotopic (exact) mass is 309 g/mol. The lowest BCUT2D eigenvalue weighted by Crippen LogP contribution is -2.09. The van der Waals surface area contributed by atoms with Crippen LogP contribution in [-0.2, 0) is 25.7 Å². The number of nitrogens with two attached hydrogens (primary N) is 2. The van der Waals surface area contributed by atoms with Gasteiger partial charge >= 0.3 is 0 Å². The van der Waals surface area contributed by atoms with E-state index in [4.69, 9.17) is 11.6 Å². The minimum absolute atomic E-state index is 0.908. The summed E-state index contributed by atoms with van der Waals surface area (Å²) in [5.74, 6) is 5.33. The molecule has 0 aliphatic heterocycles. The van der Waals surface area contributed by atoms with Crippen LogP contribution in [-0.4, -0.2) is 0 Å². The van der Waals surface area contributed by atoms with E-state index in [-0.39, 0.29) is 0 Å². The van der Waals surface area contributed by atoms with Crippen LogP contribution in [0.4, 0.5) is 11.4 Å². The van der Waals surface area contributed by atoms with Gasteiger partial charge < -0.3 is 11.2 Å². The van der Waals surface area contributed by atoms with Gasteiger partial charge in [-0.05, 0) is 97.9 Å². The first-order chi connectivity index (χ1) is 11.3. The number of nitrogen functional groups attached to an aromatic ring is 2. The summed E-state index contributed by atoms with van der Waals surface area (Å²) in [7, 11) is 0. The maximum absolute atomic E-state index is 5.68. The second-order valence-electron chi connectivity index (χ2n) is 6.57. The van der Waals surface area contributed by atoms with Crippen molar-refractivity contribution < 1.29 is 0 Å². The van der Waals surface area contributed by atoms with Gasteiger partial charge in [-0.2, -0.15) is 0 Å². The number of hydrazine groups is 1. The van der Waals surface area contributed by atoms with Gasteiger partial charge in [0.05, 0.1) is 0 Å². The largest absolute Gasteiger partial charge is 0.399 e. The van der Waals surface area contributed by atoms with Crippen LogP contribution in [0.25, 0.3) is 0 Å². The van der Waals surface area contributed by atoms with E-state index in [9.17, 15) is 0 Å². The maximum Gasteiger partial charge on any atom is 0.0488 e. The number of benzene rings is 2. The third-order valence-electron chi connectivity index (χ3n) is 4.89. The Bertz CT molecular complexity index is 664. The highest BCUT2D eigenvalue weighted by Gasteiger charge is 2.09. The van der Waals surface area contributed by atoms with E-state index >= 15 is 0 Å². The number of nitrogens with one attached hydrogen (secondary N) is 1. The molecule has 3 heteroatoms. The van der Waals surface area contributed by atoms with Crippen LogP contribution in [0.5, 0.6) is 0 Å². The second kappa shape index (κ2) is 7.51. The Morgan fingerprint density at radius 2 is 1.17 bits per heavy atom. The van der Waals surface area contributed by atoms with Crippen LogP contribution in [0, 0.1) is 0 Å². The van der Waals surface area contributed by atoms with Crippen molar-refractivity contribution in [3.8, 4) is 0 Å². The van der Waals surface area contributed by atoms with Crippen LogP contribution < -0.4 is 17.0 Å². The summed E-state index contributed by atoms with van der Waals surface area (Å²) < 4.78 is 0. The summed E-state index contributed by atoms with van der Waals surface area (Å²) in [6, 6.07) is 12.7. The predicted octanol–water partition coefficient (Wildman–Crippen LogP) is 4.00. The van der Waals surface area contributed by atoms with Crippen LogP contribution >= 0.6 is 0 Å². The fourth-order valence-corrected chi connectivity index (χ4v) is 3.58. The predicted molar refractivity (Wildman–Crippen MR) is 98.4 cm³/mol. The van der Waals surface area contributed by atoms with E-state index < -0.39 is 0 Å². The number of aryl methyl sites for hydroxylation is 4. The standard InChI is InChI=1S/C10H14N2.C10H13N/c11-12-10-6-5-8-3-1-2-4-9(8)7-10;11-10-6-5-8-3-1-2-4-9(8)7-10/h5-7,12H,1-4,11H2;5-7H,1-4,11H2. The minimum Gasteiger partial charge on any atom is -0.399 e. The van der Waals surface area contributed by atoms with E-state index in [1.807, 2.05) is 12.1 Å². The molecule has 3 nitrogen and oxygen atoms in total. The highest BCUT2D eigenvalue weighted by Crippen LogP contribution is 2.24. The van der Waals surface area contributed by atoms with Gasteiger partial charge in [0, 0.05) is 11.4 Å². The summed E-state index contributed by atoms with van der Waals surface area (Å²) in [6.45, 7) is 0. The van der Waals surface area contributed by atoms with E-state index in [2.05, 4.69) is 29.7 Å². The molecule has 0 amide bonds. The minimum atomic E-state index is 0.908. The number of fused-ring (bicyclic) bond motifs is 2. The van der Waals surface area contributed by atoms with Gasteiger partial charge in [0.2, 0.25) is 0 Å². The zero-order valence-electron chi connectivity index (χ0n) is 13.8. The molecule has 122 valence electrons. The average Bonchev–Trinajstić information content (AvgIpc) is 2.61. The van der Waals surface area contributed by atoms with E-state index in [0.717, 1.165) is 11.4 Å². The van der Waals surface area contributed by atoms with Crippen molar-refractivity contribution >= 4 is 11.4 Å². The lowest BCUT2D eigenvalue weighted by Gasteiger charge is -2.16. The first-order valence-electron chi connectivity index (χ1n) is 8.72. The molecule has 0 atom stereocenters. The van der Waals surface area contributed by atoms with Crippen molar-refractivity contribution in [1.82, 2.24) is 0 Å². The summed E-state index contributed by atoms with van der Waals surface area (Å²) in [6.07, 6.45) is 10.2. The molecule has 0 spiro atoms. The van der Waals surface area contributed by atoms with E-state index in [0.29, 0.717) is 0 Å². The van der Waals surface area contributed by atoms with Crippen molar-refractivity contribution in [2.45, 2.75) is 51.4 Å². The molecule has 0 heterocycles. The Morgan fingerprint density at radius 3 is 1.78 bits per heavy atom. The van der Waals surface area contributed by atoms with E-state index in [1.54, 1.807) is 0 Å². The Hall–Kier alpha value is -2.00. The van der Waals surface area contributed by atoms with E-state index in [1.165, 1.54) is 73.6 Å². The fraction of sp³-hybridized carbons (Fsp3) is 0.400. The molecule has 4 rings (SSSR count). The molecule has 0 unspecified atom stereocenters. The molecule has 23 heavy (non-hydrogen) atoms. The molecule has 0 radical (unpaired) electrons. The molecular weight excluding hydrogens is 282 g/mol. The van der Waals surface area contributed by atoms with Crippen molar-refractivity contribution in [3.63, 3.8) is 0 Å². The van der Waals surface area contributed by atoms with Crippen LogP contribution in [0.15, 0.2) is 36.4 Å². The lowest BCUT2D eigenvalue weighted by atomic mass is 9.91. The van der Waals surface area contributed by atoms with Gasteiger partial charge in [-0.15, -0.1) is 0 Å². The van der Waals surface area contributed by atoms with Gasteiger partial charge in [-0.3, -0.25) is 5.84 Å². The molecule has 2 aromatic carbocycles. The van der Waals surface area contributed by atoms with Gasteiger partial charge in [0.15, 0.2) is 0 Å². The van der Waals surface area contributed by atoms with Crippen molar-refractivity contribution in [2.24, 2.45) is 5.84 Å². The molecule has 0 saturated heterocycles. The fourth-order valence-electron chi connectivity index (χ4n) is 3.58. The molecule has 2 aliphatic rings. The molecule has 5 N–H and O–H groups in total. The molecule has 0 fully saturated rings. The third kappa shape index (κ3) is 4.05. The first-order valence-corrected chi connectivity index (χ1v) is 8.72. The maximum atomic E-state index is 5.68. The average molecular weight is 309 g/mol. The third-order valence-corrected chi connectivity index (χ3v) is 4.89. The summed E-state index contributed by atoms with van der Waals surface area (Å²) in [5.41, 5.74) is 16.2. The van der Waals surface area contributed by atoms with Crippen LogP contribution in [0.3, 0.4) is 0 Å². The number of hydrogen-bond donors (Lipinski definition) is 3. The van der Waals surface area contributed by atoms with Crippen LogP contribution in [0.1, 0.15) is 47.9 Å². The zero-order valence-corrected chi connectivity index (χ0v) is 13.8. The van der Waals surface area contributed by atoms with Gasteiger partial charge in [-0.25, -0.2) is 0 Å². The second-order valence-corrected chi connectivity index (χ2v) is 6.57. The Kier molecular flexibility index (Phi) is 5.19. The topological polar surface area (TPSA) is 64.1 Å². The number of hydrogen-bond acceptors (Lipinski definition) is 3. The first kappa shape index (κ1) is 15.9. The molecule has 0 bridgehead atoms. The highest BCUT2D eigenvalue weighted by atomic mass is 15.2. The number of anilines is 2. The quantitative estimate of drug-likeness (QED) is 0.424. The summed E-state index contributed by atoms with van der Waals surface area (Å²) in [5, 5.41) is 0. The Labute approximate surface area is 139 Å². The van der Waals surface area contributed by atoms with Gasteiger partial charge in [0.1, 0.15) is 0 Å². The molecule has 0 aromatic heterocycles. The number of rotatable bonds is 1. The highest BCUT2D eigenvalue weighted by molar-refractivity contribution is 5.48. The van der Waals surface area contributed by atoms with Gasteiger partial charge in [-0.1, -0.05) is 12.1 Å². The molecule has 2 aromatic rings. The molecule has 0 saturated carbocycles. The molecule has 2 aliphatic carbocycles. The van der Waals surface area contributed by atoms with Crippen molar-refractivity contribution in [3.05, 3.63) is 58.7 Å². The summed E-state index contributed by atoms with van der Waals surface area (Å²) >= 11 is 0. The Balaban J connectivity index is 0.000000136. The van der Waals surface area contributed by atoms with Gasteiger partial charge in [0.25, 0.3) is 0 Å². The zero-order chi connectivity index (χ0) is 16.1. The summed E-state index contributed by atoms with van der Waals surface area (Å²) in [4.78, 5) is 0. The Morgan fingerprint density at radius 1 is 0.652 bits per heavy atom. The smallest absolute Gasteiger partial charge is 0.0488 e. The normalized spacial score (nSPS) is 15.7. The van der Waals surface area contributed by atoms with Crippen LogP contribution in [0.2, 0.25) is 0 Å². The van der Waals surface area contributed by atoms with Crippen molar-refractivity contribution in [1.29, 1.82) is 0 Å². The molecular formula is C20H27N3. The van der Waals surface area contributed by atoms with Crippen molar-refractivity contribution in [2.75, 3.05) is 11.2 Å². The lowest BCUT2D eigenvalue weighted by molar-refractivity contribution is 0.686. The SMILES string of the molecule is NNc1ccc2c(c1)CCCC2.Nc1ccc2c(c1)CCCC2.